The van der Waals surface area contributed by atoms with Gasteiger partial charge in [-0.05, 0) is 26.7 Å². The van der Waals surface area contributed by atoms with Crippen LogP contribution in [0.1, 0.15) is 33.1 Å². The predicted octanol–water partition coefficient (Wildman–Crippen LogP) is 3.88. The highest BCUT2D eigenvalue weighted by Crippen LogP contribution is 2.42. The zero-order valence-corrected chi connectivity index (χ0v) is 11.6. The van der Waals surface area contributed by atoms with Crippen LogP contribution in [-0.2, 0) is 4.74 Å². The van der Waals surface area contributed by atoms with Crippen LogP contribution in [0, 0.1) is 4.91 Å². The maximum atomic E-state index is 10.5. The third-order valence-corrected chi connectivity index (χ3v) is 4.61. The smallest absolute Gasteiger partial charge is 0.174 e. The Kier molecular flexibility index (Phi) is 4.88. The van der Waals surface area contributed by atoms with E-state index in [2.05, 4.69) is 5.18 Å². The van der Waals surface area contributed by atoms with Crippen molar-refractivity contribution in [3.63, 3.8) is 0 Å². The van der Waals surface area contributed by atoms with Gasteiger partial charge in [0.2, 0.25) is 0 Å². The molecular formula is C10H16Cl3NO2. The predicted molar refractivity (Wildman–Crippen MR) is 67.5 cm³/mol. The first kappa shape index (κ1) is 14.5. The molecule has 0 heterocycles. The first-order valence-electron chi connectivity index (χ1n) is 5.27. The fourth-order valence-electron chi connectivity index (χ4n) is 1.56. The van der Waals surface area contributed by atoms with Crippen molar-refractivity contribution in [2.24, 2.45) is 5.18 Å². The zero-order valence-electron chi connectivity index (χ0n) is 9.38. The number of halogens is 3. The van der Waals surface area contributed by atoms with Gasteiger partial charge >= 0.3 is 0 Å². The minimum Gasteiger partial charge on any atom is -0.354 e. The second-order valence-corrected chi connectivity index (χ2v) is 6.40. The van der Waals surface area contributed by atoms with Crippen LogP contribution in [0.25, 0.3) is 0 Å². The molecule has 0 aromatic rings. The van der Waals surface area contributed by atoms with E-state index in [-0.39, 0.29) is 17.4 Å². The maximum Gasteiger partial charge on any atom is 0.174 e. The summed E-state index contributed by atoms with van der Waals surface area (Å²) in [6, 6.07) is 0. The van der Waals surface area contributed by atoms with Gasteiger partial charge in [0.25, 0.3) is 0 Å². The van der Waals surface area contributed by atoms with Gasteiger partial charge in [-0.1, -0.05) is 23.2 Å². The zero-order chi connectivity index (χ0) is 12.4. The van der Waals surface area contributed by atoms with Crippen molar-refractivity contribution in [2.75, 3.05) is 6.61 Å². The average molecular weight is 289 g/mol. The van der Waals surface area contributed by atoms with Crippen molar-refractivity contribution < 1.29 is 4.74 Å². The van der Waals surface area contributed by atoms with E-state index >= 15 is 0 Å². The van der Waals surface area contributed by atoms with Crippen LogP contribution < -0.4 is 0 Å². The summed E-state index contributed by atoms with van der Waals surface area (Å²) in [5, 5.41) is 1.19. The third-order valence-electron chi connectivity index (χ3n) is 2.66. The molecule has 2 unspecified atom stereocenters. The summed E-state index contributed by atoms with van der Waals surface area (Å²) in [7, 11) is 0. The second kappa shape index (κ2) is 5.38. The number of hydrogen-bond donors (Lipinski definition) is 0. The largest absolute Gasteiger partial charge is 0.354 e. The molecule has 0 spiro atoms. The van der Waals surface area contributed by atoms with Gasteiger partial charge in [-0.2, -0.15) is 4.91 Å². The lowest BCUT2D eigenvalue weighted by Gasteiger charge is -2.40. The van der Waals surface area contributed by atoms with Crippen molar-refractivity contribution in [3.05, 3.63) is 4.91 Å². The molecule has 2 atom stereocenters. The van der Waals surface area contributed by atoms with Gasteiger partial charge in [0.15, 0.2) is 5.06 Å². The topological polar surface area (TPSA) is 38.7 Å². The number of nitroso groups, excluding NO2 is 1. The van der Waals surface area contributed by atoms with Gasteiger partial charge in [-0.15, -0.1) is 23.2 Å². The first-order valence-corrected chi connectivity index (χ1v) is 6.52. The van der Waals surface area contributed by atoms with E-state index < -0.39 is 10.6 Å². The van der Waals surface area contributed by atoms with E-state index in [1.807, 2.05) is 0 Å². The van der Waals surface area contributed by atoms with Crippen LogP contribution in [-0.4, -0.2) is 28.0 Å². The molecule has 1 aliphatic carbocycles. The van der Waals surface area contributed by atoms with Gasteiger partial charge in [0.05, 0.1) is 17.4 Å². The fraction of sp³-hybridized carbons (Fsp3) is 1.00. The summed E-state index contributed by atoms with van der Waals surface area (Å²) >= 11 is 18.6. The molecule has 0 radical (unpaired) electrons. The van der Waals surface area contributed by atoms with Crippen LogP contribution in [0.4, 0.5) is 0 Å². The fourth-order valence-corrected chi connectivity index (χ4v) is 2.64. The molecular weight excluding hydrogens is 272 g/mol. The van der Waals surface area contributed by atoms with E-state index in [1.54, 1.807) is 13.8 Å². The van der Waals surface area contributed by atoms with E-state index in [4.69, 9.17) is 39.5 Å². The molecule has 1 saturated carbocycles. The minimum atomic E-state index is -1.09. The number of rotatable bonds is 4. The molecule has 0 aromatic carbocycles. The Morgan fingerprint density at radius 1 is 1.38 bits per heavy atom. The van der Waals surface area contributed by atoms with E-state index in [0.29, 0.717) is 0 Å². The third kappa shape index (κ3) is 3.22. The quantitative estimate of drug-likeness (QED) is 0.581. The second-order valence-electron chi connectivity index (χ2n) is 4.76. The van der Waals surface area contributed by atoms with E-state index in [1.165, 1.54) is 0 Å². The van der Waals surface area contributed by atoms with Crippen molar-refractivity contribution in [1.82, 2.24) is 0 Å². The van der Waals surface area contributed by atoms with Gasteiger partial charge in [0, 0.05) is 0 Å². The van der Waals surface area contributed by atoms with Crippen LogP contribution in [0.15, 0.2) is 5.18 Å². The molecule has 0 aliphatic heterocycles. The molecule has 0 aromatic heterocycles. The highest BCUT2D eigenvalue weighted by Gasteiger charge is 2.47. The normalized spacial score (nSPS) is 36.1. The lowest BCUT2D eigenvalue weighted by Crippen LogP contribution is -2.49. The number of alkyl halides is 3. The highest BCUT2D eigenvalue weighted by atomic mass is 35.5. The lowest BCUT2D eigenvalue weighted by molar-refractivity contribution is -0.0188. The molecule has 0 saturated heterocycles. The molecule has 16 heavy (non-hydrogen) atoms. The minimum absolute atomic E-state index is 0.117. The lowest BCUT2D eigenvalue weighted by atomic mass is 9.95. The maximum absolute atomic E-state index is 10.5. The van der Waals surface area contributed by atoms with Crippen LogP contribution >= 0.6 is 34.8 Å². The Labute approximate surface area is 111 Å². The molecule has 1 fully saturated rings. The molecule has 0 bridgehead atoms. The van der Waals surface area contributed by atoms with Crippen molar-refractivity contribution in [3.8, 4) is 0 Å². The summed E-state index contributed by atoms with van der Waals surface area (Å²) in [5.41, 5.74) is -0.813. The van der Waals surface area contributed by atoms with Crippen LogP contribution in [0.5, 0.6) is 0 Å². The average Bonchev–Trinajstić information content (AvgIpc) is 2.24. The molecule has 3 nitrogen and oxygen atoms in total. The molecule has 0 amide bonds. The Hall–Kier alpha value is 0.430. The van der Waals surface area contributed by atoms with Crippen LogP contribution in [0.3, 0.4) is 0 Å². The standard InChI is InChI=1S/C10H16Cl3NO2/c1-9(2,14-15)6-16-10(13)7(11)4-3-5-8(10)12/h7-8H,3-6H2,1-2H3. The molecule has 0 N–H and O–H groups in total. The Balaban J connectivity index is 2.65. The number of nitrogens with zero attached hydrogens (tertiary/aromatic N) is 1. The van der Waals surface area contributed by atoms with Crippen LogP contribution in [0.2, 0.25) is 0 Å². The monoisotopic (exact) mass is 287 g/mol. The van der Waals surface area contributed by atoms with Gasteiger partial charge in [0.1, 0.15) is 5.54 Å². The first-order chi connectivity index (χ1) is 7.32. The molecule has 94 valence electrons. The molecule has 6 heteroatoms. The Morgan fingerprint density at radius 2 is 1.88 bits per heavy atom. The Bertz CT molecular complexity index is 250. The van der Waals surface area contributed by atoms with E-state index in [9.17, 15) is 4.91 Å². The summed E-state index contributed by atoms with van der Waals surface area (Å²) in [6.07, 6.45) is 2.47. The van der Waals surface area contributed by atoms with Crippen molar-refractivity contribution in [2.45, 2.75) is 54.5 Å². The van der Waals surface area contributed by atoms with E-state index in [0.717, 1.165) is 19.3 Å². The summed E-state index contributed by atoms with van der Waals surface area (Å²) in [5.74, 6) is 0. The number of ether oxygens (including phenoxy) is 1. The summed E-state index contributed by atoms with van der Waals surface area (Å²) in [6.45, 7) is 3.47. The number of hydrogen-bond acceptors (Lipinski definition) is 3. The SMILES string of the molecule is CC(C)(COC1(Cl)C(Cl)CCCC1Cl)N=O. The highest BCUT2D eigenvalue weighted by molar-refractivity contribution is 6.37. The van der Waals surface area contributed by atoms with Gasteiger partial charge in [-0.25, -0.2) is 0 Å². The summed E-state index contributed by atoms with van der Waals surface area (Å²) in [4.78, 5) is 10.5. The van der Waals surface area contributed by atoms with Gasteiger partial charge < -0.3 is 4.74 Å². The summed E-state index contributed by atoms with van der Waals surface area (Å²) < 4.78 is 5.56. The molecule has 1 aliphatic rings. The Morgan fingerprint density at radius 3 is 2.31 bits per heavy atom. The van der Waals surface area contributed by atoms with Crippen molar-refractivity contribution >= 4 is 34.8 Å². The van der Waals surface area contributed by atoms with Gasteiger partial charge in [-0.3, -0.25) is 0 Å². The molecule has 1 rings (SSSR count). The van der Waals surface area contributed by atoms with Crippen molar-refractivity contribution in [1.29, 1.82) is 0 Å².